The van der Waals surface area contributed by atoms with Crippen molar-refractivity contribution < 1.29 is 9.90 Å². The Morgan fingerprint density at radius 3 is 2.95 bits per heavy atom. The lowest BCUT2D eigenvalue weighted by Crippen LogP contribution is -2.13. The van der Waals surface area contributed by atoms with Gasteiger partial charge in [-0.2, -0.15) is 0 Å². The summed E-state index contributed by atoms with van der Waals surface area (Å²) in [5.74, 6) is -0.493. The molecule has 2 aromatic rings. The number of amides is 1. The van der Waals surface area contributed by atoms with Crippen LogP contribution in [0.25, 0.3) is 0 Å². The summed E-state index contributed by atoms with van der Waals surface area (Å²) < 4.78 is 0. The van der Waals surface area contributed by atoms with Gasteiger partial charge in [-0.05, 0) is 30.8 Å². The zero-order valence-corrected chi connectivity index (χ0v) is 10.6. The van der Waals surface area contributed by atoms with Gasteiger partial charge in [-0.3, -0.25) is 9.78 Å². The zero-order valence-electron chi connectivity index (χ0n) is 10.6. The molecular formula is C14H15N3O2. The maximum Gasteiger partial charge on any atom is 0.259 e. The van der Waals surface area contributed by atoms with Crippen LogP contribution in [0.5, 0.6) is 5.75 Å². The lowest BCUT2D eigenvalue weighted by atomic mass is 10.2. The van der Waals surface area contributed by atoms with E-state index in [4.69, 9.17) is 0 Å². The lowest BCUT2D eigenvalue weighted by Gasteiger charge is -2.08. The first kappa shape index (κ1) is 13.0. The van der Waals surface area contributed by atoms with Gasteiger partial charge in [0.25, 0.3) is 5.91 Å². The molecule has 5 nitrogen and oxygen atoms in total. The minimum atomic E-state index is -0.360. The van der Waals surface area contributed by atoms with Gasteiger partial charge in [0.2, 0.25) is 0 Å². The van der Waals surface area contributed by atoms with E-state index in [1.54, 1.807) is 6.07 Å². The molecule has 1 amide bonds. The Morgan fingerprint density at radius 2 is 2.21 bits per heavy atom. The summed E-state index contributed by atoms with van der Waals surface area (Å²) in [6, 6.07) is 8.99. The average molecular weight is 257 g/mol. The highest BCUT2D eigenvalue weighted by Gasteiger charge is 2.10. The lowest BCUT2D eigenvalue weighted by molar-refractivity contribution is 0.102. The Bertz CT molecular complexity index is 584. The second kappa shape index (κ2) is 5.97. The Labute approximate surface area is 111 Å². The fraction of sp³-hybridized carbons (Fsp3) is 0.143. The molecule has 0 radical (unpaired) electrons. The molecule has 98 valence electrons. The van der Waals surface area contributed by atoms with Crippen LogP contribution in [-0.2, 0) is 6.54 Å². The molecule has 0 saturated heterocycles. The molecule has 2 rings (SSSR count). The second-order valence-electron chi connectivity index (χ2n) is 4.08. The molecule has 1 aromatic carbocycles. The van der Waals surface area contributed by atoms with E-state index in [1.807, 2.05) is 25.2 Å². The Balaban J connectivity index is 2.15. The van der Waals surface area contributed by atoms with Gasteiger partial charge >= 0.3 is 0 Å². The number of nitrogens with one attached hydrogen (secondary N) is 2. The third-order valence-corrected chi connectivity index (χ3v) is 2.61. The maximum absolute atomic E-state index is 12.0. The number of aromatic hydroxyl groups is 1. The molecule has 0 unspecified atom stereocenters. The number of carbonyl (C=O) groups is 1. The standard InChI is InChI=1S/C14H15N3O2/c1-15-8-10-3-2-4-11(7-10)17-14(19)12-5-6-16-9-13(12)18/h2-7,9,15,18H,8H2,1H3,(H,17,19). The Morgan fingerprint density at radius 1 is 1.37 bits per heavy atom. The van der Waals surface area contributed by atoms with Gasteiger partial charge < -0.3 is 15.7 Å². The first-order valence-corrected chi connectivity index (χ1v) is 5.88. The maximum atomic E-state index is 12.0. The fourth-order valence-electron chi connectivity index (χ4n) is 1.74. The van der Waals surface area contributed by atoms with Crippen molar-refractivity contribution in [2.45, 2.75) is 6.54 Å². The van der Waals surface area contributed by atoms with Crippen molar-refractivity contribution in [3.8, 4) is 5.75 Å². The average Bonchev–Trinajstić information content (AvgIpc) is 2.40. The molecule has 0 fully saturated rings. The van der Waals surface area contributed by atoms with Crippen molar-refractivity contribution in [3.05, 3.63) is 53.9 Å². The topological polar surface area (TPSA) is 74.2 Å². The molecule has 0 atom stereocenters. The van der Waals surface area contributed by atoms with Gasteiger partial charge in [0.05, 0.1) is 11.8 Å². The van der Waals surface area contributed by atoms with E-state index < -0.39 is 0 Å². The smallest absolute Gasteiger partial charge is 0.259 e. The van der Waals surface area contributed by atoms with Crippen LogP contribution < -0.4 is 10.6 Å². The molecule has 1 aromatic heterocycles. The predicted octanol–water partition coefficient (Wildman–Crippen LogP) is 1.76. The van der Waals surface area contributed by atoms with Crippen molar-refractivity contribution in [2.24, 2.45) is 0 Å². The predicted molar refractivity (Wildman–Crippen MR) is 73.1 cm³/mol. The van der Waals surface area contributed by atoms with Crippen molar-refractivity contribution >= 4 is 11.6 Å². The summed E-state index contributed by atoms with van der Waals surface area (Å²) >= 11 is 0. The van der Waals surface area contributed by atoms with Gasteiger partial charge in [0.15, 0.2) is 0 Å². The van der Waals surface area contributed by atoms with E-state index in [-0.39, 0.29) is 17.2 Å². The molecule has 0 spiro atoms. The minimum absolute atomic E-state index is 0.133. The third kappa shape index (κ3) is 3.29. The van der Waals surface area contributed by atoms with E-state index in [2.05, 4.69) is 15.6 Å². The number of hydrogen-bond acceptors (Lipinski definition) is 4. The molecule has 3 N–H and O–H groups in total. The number of hydrogen-bond donors (Lipinski definition) is 3. The van der Waals surface area contributed by atoms with Crippen LogP contribution >= 0.6 is 0 Å². The van der Waals surface area contributed by atoms with Crippen molar-refractivity contribution in [3.63, 3.8) is 0 Å². The monoisotopic (exact) mass is 257 g/mol. The van der Waals surface area contributed by atoms with Crippen LogP contribution in [0.2, 0.25) is 0 Å². The molecule has 19 heavy (non-hydrogen) atoms. The quantitative estimate of drug-likeness (QED) is 0.780. The summed E-state index contributed by atoms with van der Waals surface area (Å²) in [7, 11) is 1.86. The number of benzene rings is 1. The highest BCUT2D eigenvalue weighted by atomic mass is 16.3. The fourth-order valence-corrected chi connectivity index (χ4v) is 1.74. The van der Waals surface area contributed by atoms with E-state index in [0.717, 1.165) is 12.1 Å². The molecule has 0 aliphatic carbocycles. The van der Waals surface area contributed by atoms with E-state index in [0.29, 0.717) is 5.69 Å². The minimum Gasteiger partial charge on any atom is -0.505 e. The van der Waals surface area contributed by atoms with Crippen LogP contribution in [0.3, 0.4) is 0 Å². The van der Waals surface area contributed by atoms with Crippen molar-refractivity contribution in [1.29, 1.82) is 0 Å². The van der Waals surface area contributed by atoms with Gasteiger partial charge in [-0.25, -0.2) is 0 Å². The Kier molecular flexibility index (Phi) is 4.10. The van der Waals surface area contributed by atoms with Crippen LogP contribution in [0.1, 0.15) is 15.9 Å². The molecule has 0 aliphatic rings. The largest absolute Gasteiger partial charge is 0.505 e. The normalized spacial score (nSPS) is 10.2. The summed E-state index contributed by atoms with van der Waals surface area (Å²) in [5, 5.41) is 15.4. The van der Waals surface area contributed by atoms with Crippen LogP contribution in [-0.4, -0.2) is 23.0 Å². The number of anilines is 1. The summed E-state index contributed by atoms with van der Waals surface area (Å²) in [4.78, 5) is 15.7. The molecular weight excluding hydrogens is 242 g/mol. The van der Waals surface area contributed by atoms with E-state index in [9.17, 15) is 9.90 Å². The van der Waals surface area contributed by atoms with E-state index in [1.165, 1.54) is 18.5 Å². The third-order valence-electron chi connectivity index (χ3n) is 2.61. The van der Waals surface area contributed by atoms with Gasteiger partial charge in [-0.1, -0.05) is 12.1 Å². The van der Waals surface area contributed by atoms with Gasteiger partial charge in [0.1, 0.15) is 5.75 Å². The van der Waals surface area contributed by atoms with Crippen LogP contribution in [0.15, 0.2) is 42.7 Å². The zero-order chi connectivity index (χ0) is 13.7. The molecule has 0 aliphatic heterocycles. The van der Waals surface area contributed by atoms with Crippen LogP contribution in [0.4, 0.5) is 5.69 Å². The Hall–Kier alpha value is -2.40. The molecule has 0 bridgehead atoms. The molecule has 0 saturated carbocycles. The highest BCUT2D eigenvalue weighted by molar-refractivity contribution is 6.05. The SMILES string of the molecule is CNCc1cccc(NC(=O)c2ccncc2O)c1. The number of rotatable bonds is 4. The van der Waals surface area contributed by atoms with Crippen molar-refractivity contribution in [1.82, 2.24) is 10.3 Å². The van der Waals surface area contributed by atoms with Crippen LogP contribution in [0, 0.1) is 0 Å². The number of aromatic nitrogens is 1. The summed E-state index contributed by atoms with van der Waals surface area (Å²) in [6.07, 6.45) is 2.71. The highest BCUT2D eigenvalue weighted by Crippen LogP contribution is 2.17. The number of carbonyl (C=O) groups excluding carboxylic acids is 1. The van der Waals surface area contributed by atoms with Gasteiger partial charge in [-0.15, -0.1) is 0 Å². The van der Waals surface area contributed by atoms with Crippen molar-refractivity contribution in [2.75, 3.05) is 12.4 Å². The summed E-state index contributed by atoms with van der Waals surface area (Å²) in [6.45, 7) is 0.726. The van der Waals surface area contributed by atoms with E-state index >= 15 is 0 Å². The number of nitrogens with zero attached hydrogens (tertiary/aromatic N) is 1. The molecule has 5 heteroatoms. The number of pyridine rings is 1. The second-order valence-corrected chi connectivity index (χ2v) is 4.08. The van der Waals surface area contributed by atoms with Gasteiger partial charge in [0, 0.05) is 18.4 Å². The first-order valence-electron chi connectivity index (χ1n) is 5.88. The summed E-state index contributed by atoms with van der Waals surface area (Å²) in [5.41, 5.74) is 1.96. The molecule has 1 heterocycles. The first-order chi connectivity index (χ1) is 9.20.